The van der Waals surface area contributed by atoms with Gasteiger partial charge in [-0.15, -0.1) is 0 Å². The van der Waals surface area contributed by atoms with Crippen LogP contribution in [0.1, 0.15) is 31.2 Å². The third-order valence-electron chi connectivity index (χ3n) is 3.86. The van der Waals surface area contributed by atoms with E-state index in [0.717, 1.165) is 34.7 Å². The fourth-order valence-corrected chi connectivity index (χ4v) is 2.74. The minimum Gasteiger partial charge on any atom is -0.399 e. The molecule has 0 saturated heterocycles. The maximum Gasteiger partial charge on any atom is 0.111 e. The molecule has 0 radical (unpaired) electrons. The highest BCUT2D eigenvalue weighted by Gasteiger charge is 2.09. The molecular weight excluding hydrogens is 258 g/mol. The Hall–Kier alpha value is -2.29. The Morgan fingerprint density at radius 2 is 1.86 bits per heavy atom. The number of hydrogen-bond acceptors (Lipinski definition) is 2. The zero-order valence-corrected chi connectivity index (χ0v) is 12.6. The lowest BCUT2D eigenvalue weighted by Gasteiger charge is -2.08. The van der Waals surface area contributed by atoms with Crippen LogP contribution in [0.4, 0.5) is 5.69 Å². The number of fused-ring (bicyclic) bond motifs is 1. The predicted molar refractivity (Wildman–Crippen MR) is 88.8 cm³/mol. The van der Waals surface area contributed by atoms with E-state index in [0.29, 0.717) is 0 Å². The molecule has 1 aromatic heterocycles. The van der Waals surface area contributed by atoms with Gasteiger partial charge in [0.15, 0.2) is 0 Å². The number of rotatable bonds is 4. The molecule has 0 fully saturated rings. The van der Waals surface area contributed by atoms with E-state index in [1.165, 1.54) is 18.4 Å². The zero-order chi connectivity index (χ0) is 14.8. The first-order chi connectivity index (χ1) is 10.2. The van der Waals surface area contributed by atoms with Gasteiger partial charge in [0.1, 0.15) is 5.82 Å². The second-order valence-electron chi connectivity index (χ2n) is 5.51. The van der Waals surface area contributed by atoms with Crippen molar-refractivity contribution in [1.29, 1.82) is 0 Å². The zero-order valence-electron chi connectivity index (χ0n) is 12.6. The van der Waals surface area contributed by atoms with E-state index in [9.17, 15) is 0 Å². The molecule has 2 N–H and O–H groups in total. The van der Waals surface area contributed by atoms with Crippen molar-refractivity contribution in [1.82, 2.24) is 9.55 Å². The van der Waals surface area contributed by atoms with Crippen LogP contribution >= 0.6 is 0 Å². The predicted octanol–water partition coefficient (Wildman–Crippen LogP) is 4.26. The van der Waals surface area contributed by atoms with Crippen LogP contribution in [0.15, 0.2) is 42.5 Å². The summed E-state index contributed by atoms with van der Waals surface area (Å²) in [6.07, 6.45) is 3.62. The number of nitrogen functional groups attached to an aromatic ring is 1. The van der Waals surface area contributed by atoms with E-state index in [-0.39, 0.29) is 0 Å². The number of nitrogens with zero attached hydrogens (tertiary/aromatic N) is 2. The highest BCUT2D eigenvalue weighted by Crippen LogP contribution is 2.23. The van der Waals surface area contributed by atoms with Crippen LogP contribution in [-0.2, 0) is 6.42 Å². The molecule has 0 aliphatic carbocycles. The normalized spacial score (nSPS) is 11.1. The summed E-state index contributed by atoms with van der Waals surface area (Å²) < 4.78 is 2.18. The Balaban J connectivity index is 2.01. The average Bonchev–Trinajstić information content (AvgIpc) is 2.80. The van der Waals surface area contributed by atoms with E-state index in [2.05, 4.69) is 40.7 Å². The third kappa shape index (κ3) is 2.64. The largest absolute Gasteiger partial charge is 0.399 e. The lowest BCUT2D eigenvalue weighted by atomic mass is 10.1. The summed E-state index contributed by atoms with van der Waals surface area (Å²) in [4.78, 5) is 4.61. The van der Waals surface area contributed by atoms with Gasteiger partial charge < -0.3 is 5.73 Å². The van der Waals surface area contributed by atoms with Crippen molar-refractivity contribution in [3.63, 3.8) is 0 Å². The number of anilines is 1. The lowest BCUT2D eigenvalue weighted by Crippen LogP contribution is -1.97. The molecule has 0 atom stereocenters. The van der Waals surface area contributed by atoms with Gasteiger partial charge in [-0.1, -0.05) is 25.5 Å². The van der Waals surface area contributed by atoms with Crippen molar-refractivity contribution >= 4 is 16.7 Å². The first-order valence-corrected chi connectivity index (χ1v) is 7.53. The van der Waals surface area contributed by atoms with Gasteiger partial charge in [0, 0.05) is 11.4 Å². The van der Waals surface area contributed by atoms with Crippen molar-refractivity contribution < 1.29 is 0 Å². The van der Waals surface area contributed by atoms with Gasteiger partial charge in [0.2, 0.25) is 0 Å². The summed E-state index contributed by atoms with van der Waals surface area (Å²) in [7, 11) is 0. The summed E-state index contributed by atoms with van der Waals surface area (Å²) in [6.45, 7) is 4.25. The smallest absolute Gasteiger partial charge is 0.111 e. The van der Waals surface area contributed by atoms with Gasteiger partial charge in [-0.05, 0) is 55.7 Å². The molecule has 3 rings (SSSR count). The number of aromatic nitrogens is 2. The molecule has 108 valence electrons. The fraction of sp³-hybridized carbons (Fsp3) is 0.278. The quantitative estimate of drug-likeness (QED) is 0.725. The van der Waals surface area contributed by atoms with Crippen molar-refractivity contribution in [3.8, 4) is 5.69 Å². The molecule has 0 amide bonds. The van der Waals surface area contributed by atoms with Crippen LogP contribution in [-0.4, -0.2) is 9.55 Å². The number of imidazole rings is 1. The maximum absolute atomic E-state index is 5.84. The molecule has 3 heteroatoms. The van der Waals surface area contributed by atoms with Gasteiger partial charge in [-0.25, -0.2) is 4.98 Å². The Kier molecular flexibility index (Phi) is 3.65. The monoisotopic (exact) mass is 279 g/mol. The van der Waals surface area contributed by atoms with Crippen molar-refractivity contribution in [3.05, 3.63) is 53.9 Å². The van der Waals surface area contributed by atoms with Crippen molar-refractivity contribution in [2.24, 2.45) is 0 Å². The van der Waals surface area contributed by atoms with Crippen LogP contribution in [0.3, 0.4) is 0 Å². The summed E-state index contributed by atoms with van der Waals surface area (Å²) in [5.74, 6) is 0.983. The van der Waals surface area contributed by atoms with E-state index in [1.807, 2.05) is 25.1 Å². The molecule has 1 heterocycles. The lowest BCUT2D eigenvalue weighted by molar-refractivity contribution is 0.794. The SMILES string of the molecule is CCCCc1ccc(-n2c(C)nc3cc(N)ccc32)cc1. The molecule has 0 unspecified atom stereocenters. The summed E-state index contributed by atoms with van der Waals surface area (Å²) >= 11 is 0. The van der Waals surface area contributed by atoms with Gasteiger partial charge in [-0.2, -0.15) is 0 Å². The molecule has 0 aliphatic heterocycles. The number of nitrogens with two attached hydrogens (primary N) is 1. The average molecular weight is 279 g/mol. The molecule has 0 bridgehead atoms. The Morgan fingerprint density at radius 3 is 2.57 bits per heavy atom. The number of benzene rings is 2. The Morgan fingerprint density at radius 1 is 1.10 bits per heavy atom. The fourth-order valence-electron chi connectivity index (χ4n) is 2.74. The molecule has 3 aromatic rings. The van der Waals surface area contributed by atoms with Gasteiger partial charge in [0.05, 0.1) is 11.0 Å². The number of hydrogen-bond donors (Lipinski definition) is 1. The first-order valence-electron chi connectivity index (χ1n) is 7.53. The van der Waals surface area contributed by atoms with Crippen LogP contribution in [0.25, 0.3) is 16.7 Å². The topological polar surface area (TPSA) is 43.8 Å². The summed E-state index contributed by atoms with van der Waals surface area (Å²) in [6, 6.07) is 14.7. The van der Waals surface area contributed by atoms with Crippen molar-refractivity contribution in [2.45, 2.75) is 33.1 Å². The Labute approximate surface area is 125 Å². The van der Waals surface area contributed by atoms with Crippen LogP contribution < -0.4 is 5.73 Å². The third-order valence-corrected chi connectivity index (χ3v) is 3.86. The van der Waals surface area contributed by atoms with E-state index < -0.39 is 0 Å². The standard InChI is InChI=1S/C18H21N3/c1-3-4-5-14-6-9-16(10-7-14)21-13(2)20-17-12-15(19)8-11-18(17)21/h6-12H,3-5,19H2,1-2H3. The second-order valence-corrected chi connectivity index (χ2v) is 5.51. The Bertz CT molecular complexity index is 754. The van der Waals surface area contributed by atoms with E-state index in [1.54, 1.807) is 0 Å². The molecule has 3 nitrogen and oxygen atoms in total. The highest BCUT2D eigenvalue weighted by molar-refractivity contribution is 5.81. The first kappa shape index (κ1) is 13.7. The number of unbranched alkanes of at least 4 members (excludes halogenated alkanes) is 1. The molecule has 21 heavy (non-hydrogen) atoms. The van der Waals surface area contributed by atoms with Gasteiger partial charge >= 0.3 is 0 Å². The van der Waals surface area contributed by atoms with Gasteiger partial charge in [-0.3, -0.25) is 4.57 Å². The summed E-state index contributed by atoms with van der Waals surface area (Å²) in [5.41, 5.74) is 11.2. The summed E-state index contributed by atoms with van der Waals surface area (Å²) in [5, 5.41) is 0. The van der Waals surface area contributed by atoms with Crippen LogP contribution in [0.5, 0.6) is 0 Å². The van der Waals surface area contributed by atoms with Crippen LogP contribution in [0.2, 0.25) is 0 Å². The van der Waals surface area contributed by atoms with Gasteiger partial charge in [0.25, 0.3) is 0 Å². The van der Waals surface area contributed by atoms with Crippen molar-refractivity contribution in [2.75, 3.05) is 5.73 Å². The molecular formula is C18H21N3. The molecule has 0 saturated carbocycles. The van der Waals surface area contributed by atoms with E-state index >= 15 is 0 Å². The second kappa shape index (κ2) is 5.60. The molecule has 0 spiro atoms. The molecule has 2 aromatic carbocycles. The van der Waals surface area contributed by atoms with E-state index in [4.69, 9.17) is 5.73 Å². The maximum atomic E-state index is 5.84. The minimum absolute atomic E-state index is 0.752. The van der Waals surface area contributed by atoms with Crippen LogP contribution in [0, 0.1) is 6.92 Å². The number of aryl methyl sites for hydroxylation is 2. The molecule has 0 aliphatic rings. The highest BCUT2D eigenvalue weighted by atomic mass is 15.1. The minimum atomic E-state index is 0.752.